The number of nitrogens with two attached hydrogens (primary N) is 1. The standard InChI is InChI=1S/C12H24N2O/c1-11(2,3)8-10(15)14-7-6-9(13)12(14,4)5/h9H,6-8,13H2,1-5H3. The molecule has 0 aromatic heterocycles. The summed E-state index contributed by atoms with van der Waals surface area (Å²) in [5, 5.41) is 0. The average molecular weight is 212 g/mol. The van der Waals surface area contributed by atoms with Crippen LogP contribution in [0, 0.1) is 5.41 Å². The summed E-state index contributed by atoms with van der Waals surface area (Å²) in [5.41, 5.74) is 5.89. The van der Waals surface area contributed by atoms with Crippen LogP contribution in [0.5, 0.6) is 0 Å². The quantitative estimate of drug-likeness (QED) is 0.720. The van der Waals surface area contributed by atoms with Crippen LogP contribution in [0.4, 0.5) is 0 Å². The number of hydrogen-bond acceptors (Lipinski definition) is 2. The van der Waals surface area contributed by atoms with Gasteiger partial charge in [0.15, 0.2) is 0 Å². The van der Waals surface area contributed by atoms with Crippen molar-refractivity contribution in [2.75, 3.05) is 6.54 Å². The zero-order valence-corrected chi connectivity index (χ0v) is 10.6. The summed E-state index contributed by atoms with van der Waals surface area (Å²) in [6.45, 7) is 11.2. The van der Waals surface area contributed by atoms with Crippen LogP contribution < -0.4 is 5.73 Å². The number of carbonyl (C=O) groups is 1. The number of carbonyl (C=O) groups excluding carboxylic acids is 1. The van der Waals surface area contributed by atoms with Gasteiger partial charge < -0.3 is 10.6 Å². The Kier molecular flexibility index (Phi) is 3.15. The van der Waals surface area contributed by atoms with Crippen molar-refractivity contribution < 1.29 is 4.79 Å². The number of likely N-dealkylation sites (tertiary alicyclic amines) is 1. The summed E-state index contributed by atoms with van der Waals surface area (Å²) in [7, 11) is 0. The highest BCUT2D eigenvalue weighted by Crippen LogP contribution is 2.30. The normalized spacial score (nSPS) is 25.7. The van der Waals surface area contributed by atoms with Crippen LogP contribution >= 0.6 is 0 Å². The smallest absolute Gasteiger partial charge is 0.223 e. The van der Waals surface area contributed by atoms with Gasteiger partial charge in [0.25, 0.3) is 0 Å². The molecule has 1 atom stereocenters. The Balaban J connectivity index is 2.70. The fraction of sp³-hybridized carbons (Fsp3) is 0.917. The van der Waals surface area contributed by atoms with Gasteiger partial charge in [-0.15, -0.1) is 0 Å². The molecule has 3 heteroatoms. The van der Waals surface area contributed by atoms with Crippen molar-refractivity contribution in [3.63, 3.8) is 0 Å². The van der Waals surface area contributed by atoms with E-state index in [0.717, 1.165) is 13.0 Å². The maximum Gasteiger partial charge on any atom is 0.223 e. The molecule has 88 valence electrons. The lowest BCUT2D eigenvalue weighted by atomic mass is 9.90. The minimum Gasteiger partial charge on any atom is -0.336 e. The lowest BCUT2D eigenvalue weighted by molar-refractivity contribution is -0.136. The Morgan fingerprint density at radius 3 is 2.33 bits per heavy atom. The second kappa shape index (κ2) is 3.78. The summed E-state index contributed by atoms with van der Waals surface area (Å²) >= 11 is 0. The van der Waals surface area contributed by atoms with E-state index in [9.17, 15) is 4.79 Å². The average Bonchev–Trinajstić information content (AvgIpc) is 2.23. The van der Waals surface area contributed by atoms with E-state index in [0.29, 0.717) is 6.42 Å². The minimum absolute atomic E-state index is 0.0554. The van der Waals surface area contributed by atoms with Gasteiger partial charge in [0.05, 0.1) is 5.54 Å². The first-order chi connectivity index (χ1) is 6.64. The largest absolute Gasteiger partial charge is 0.336 e. The van der Waals surface area contributed by atoms with Gasteiger partial charge in [0, 0.05) is 19.0 Å². The molecule has 0 aromatic rings. The lowest BCUT2D eigenvalue weighted by Crippen LogP contribution is -2.51. The van der Waals surface area contributed by atoms with Crippen LogP contribution in [0.3, 0.4) is 0 Å². The van der Waals surface area contributed by atoms with Gasteiger partial charge in [0.1, 0.15) is 0 Å². The molecule has 2 N–H and O–H groups in total. The molecule has 0 spiro atoms. The van der Waals surface area contributed by atoms with Crippen molar-refractivity contribution in [3.8, 4) is 0 Å². The number of rotatable bonds is 1. The molecule has 1 amide bonds. The second-order valence-electron chi connectivity index (χ2n) is 6.33. The summed E-state index contributed by atoms with van der Waals surface area (Å²) in [4.78, 5) is 14.0. The van der Waals surface area contributed by atoms with Crippen molar-refractivity contribution in [1.29, 1.82) is 0 Å². The predicted octanol–water partition coefficient (Wildman–Crippen LogP) is 1.76. The highest BCUT2D eigenvalue weighted by molar-refractivity contribution is 5.78. The fourth-order valence-electron chi connectivity index (χ4n) is 2.10. The number of hydrogen-bond donors (Lipinski definition) is 1. The molecule has 0 aliphatic carbocycles. The monoisotopic (exact) mass is 212 g/mol. The van der Waals surface area contributed by atoms with E-state index in [1.807, 2.05) is 4.90 Å². The highest BCUT2D eigenvalue weighted by atomic mass is 16.2. The van der Waals surface area contributed by atoms with E-state index in [2.05, 4.69) is 34.6 Å². The SMILES string of the molecule is CC(C)(C)CC(=O)N1CCC(N)C1(C)C. The fourth-order valence-corrected chi connectivity index (χ4v) is 2.10. The first-order valence-electron chi connectivity index (χ1n) is 5.70. The van der Waals surface area contributed by atoms with Crippen LogP contribution in [0.1, 0.15) is 47.5 Å². The van der Waals surface area contributed by atoms with Crippen molar-refractivity contribution >= 4 is 5.91 Å². The number of amides is 1. The molecule has 1 saturated heterocycles. The van der Waals surface area contributed by atoms with Gasteiger partial charge in [-0.3, -0.25) is 4.79 Å². The van der Waals surface area contributed by atoms with Gasteiger partial charge in [-0.1, -0.05) is 20.8 Å². The first-order valence-corrected chi connectivity index (χ1v) is 5.70. The second-order valence-corrected chi connectivity index (χ2v) is 6.33. The molecule has 1 rings (SSSR count). The zero-order chi connectivity index (χ0) is 11.9. The van der Waals surface area contributed by atoms with E-state index in [1.165, 1.54) is 0 Å². The molecule has 0 bridgehead atoms. The molecule has 0 aromatic carbocycles. The summed E-state index contributed by atoms with van der Waals surface area (Å²) in [6, 6.07) is 0.112. The van der Waals surface area contributed by atoms with E-state index >= 15 is 0 Å². The molecule has 15 heavy (non-hydrogen) atoms. The van der Waals surface area contributed by atoms with Crippen LogP contribution in [0.15, 0.2) is 0 Å². The molecule has 0 radical (unpaired) electrons. The Morgan fingerprint density at radius 2 is 2.00 bits per heavy atom. The maximum atomic E-state index is 12.1. The molecule has 1 unspecified atom stereocenters. The highest BCUT2D eigenvalue weighted by Gasteiger charge is 2.42. The summed E-state index contributed by atoms with van der Waals surface area (Å²) in [6.07, 6.45) is 1.52. The lowest BCUT2D eigenvalue weighted by Gasteiger charge is -2.36. The third-order valence-electron chi connectivity index (χ3n) is 3.25. The van der Waals surface area contributed by atoms with Gasteiger partial charge in [0.2, 0.25) is 5.91 Å². The van der Waals surface area contributed by atoms with Gasteiger partial charge in [-0.05, 0) is 25.7 Å². The van der Waals surface area contributed by atoms with Crippen LogP contribution in [0.2, 0.25) is 0 Å². The van der Waals surface area contributed by atoms with Crippen molar-refractivity contribution in [2.45, 2.75) is 59.0 Å². The van der Waals surface area contributed by atoms with Crippen LogP contribution in [0.25, 0.3) is 0 Å². The molecule has 1 aliphatic heterocycles. The topological polar surface area (TPSA) is 46.3 Å². The number of nitrogens with zero attached hydrogens (tertiary/aromatic N) is 1. The Labute approximate surface area is 93.0 Å². The van der Waals surface area contributed by atoms with Gasteiger partial charge >= 0.3 is 0 Å². The third kappa shape index (κ3) is 2.71. The zero-order valence-electron chi connectivity index (χ0n) is 10.6. The Morgan fingerprint density at radius 1 is 1.47 bits per heavy atom. The van der Waals surface area contributed by atoms with Crippen molar-refractivity contribution in [3.05, 3.63) is 0 Å². The van der Waals surface area contributed by atoms with E-state index in [1.54, 1.807) is 0 Å². The summed E-state index contributed by atoms with van der Waals surface area (Å²) in [5.74, 6) is 0.237. The molecule has 1 aliphatic rings. The Bertz CT molecular complexity index is 253. The van der Waals surface area contributed by atoms with E-state index in [-0.39, 0.29) is 22.9 Å². The van der Waals surface area contributed by atoms with Gasteiger partial charge in [-0.2, -0.15) is 0 Å². The first kappa shape index (κ1) is 12.5. The van der Waals surface area contributed by atoms with Crippen LogP contribution in [-0.2, 0) is 4.79 Å². The van der Waals surface area contributed by atoms with Gasteiger partial charge in [-0.25, -0.2) is 0 Å². The maximum absolute atomic E-state index is 12.1. The molecule has 3 nitrogen and oxygen atoms in total. The van der Waals surface area contributed by atoms with E-state index < -0.39 is 0 Å². The Hall–Kier alpha value is -0.570. The molecule has 1 fully saturated rings. The summed E-state index contributed by atoms with van der Waals surface area (Å²) < 4.78 is 0. The third-order valence-corrected chi connectivity index (χ3v) is 3.25. The molecular formula is C12H24N2O. The predicted molar refractivity (Wildman–Crippen MR) is 62.5 cm³/mol. The van der Waals surface area contributed by atoms with Crippen molar-refractivity contribution in [1.82, 2.24) is 4.90 Å². The van der Waals surface area contributed by atoms with E-state index in [4.69, 9.17) is 5.73 Å². The minimum atomic E-state index is -0.178. The van der Waals surface area contributed by atoms with Crippen LogP contribution in [-0.4, -0.2) is 28.9 Å². The molecular weight excluding hydrogens is 188 g/mol. The van der Waals surface area contributed by atoms with Crippen molar-refractivity contribution in [2.24, 2.45) is 11.1 Å². The molecule has 1 heterocycles. The molecule has 0 saturated carbocycles.